The molecule has 3 aromatic rings. The fraction of sp³-hybridized carbons (Fsp3) is 0.200. The third-order valence-electron chi connectivity index (χ3n) is 6.34. The minimum Gasteiger partial charge on any atom is -0.426 e. The van der Waals surface area contributed by atoms with Crippen molar-refractivity contribution in [2.24, 2.45) is 0 Å². The van der Waals surface area contributed by atoms with Crippen molar-refractivity contribution in [3.63, 3.8) is 0 Å². The summed E-state index contributed by atoms with van der Waals surface area (Å²) in [6, 6.07) is 23.5. The molecule has 1 heterocycles. The maximum absolute atomic E-state index is 13.7. The number of hydrogen-bond donors (Lipinski definition) is 0. The van der Waals surface area contributed by atoms with E-state index in [-0.39, 0.29) is 23.6 Å². The summed E-state index contributed by atoms with van der Waals surface area (Å²) < 4.78 is 7.67. The highest BCUT2D eigenvalue weighted by molar-refractivity contribution is 9.10. The van der Waals surface area contributed by atoms with Gasteiger partial charge in [0.1, 0.15) is 16.9 Å². The summed E-state index contributed by atoms with van der Waals surface area (Å²) in [7, 11) is 0. The molecule has 0 bridgehead atoms. The molecule has 2 atom stereocenters. The number of ketones is 1. The highest BCUT2D eigenvalue weighted by Gasteiger charge is 2.62. The summed E-state index contributed by atoms with van der Waals surface area (Å²) in [4.78, 5) is 26.7. The van der Waals surface area contributed by atoms with Gasteiger partial charge in [-0.1, -0.05) is 74.3 Å². The van der Waals surface area contributed by atoms with Gasteiger partial charge in [-0.2, -0.15) is 0 Å². The van der Waals surface area contributed by atoms with Gasteiger partial charge in [0.2, 0.25) is 0 Å². The van der Waals surface area contributed by atoms with Crippen molar-refractivity contribution in [2.45, 2.75) is 30.1 Å². The van der Waals surface area contributed by atoms with Crippen molar-refractivity contribution in [3.8, 4) is 5.75 Å². The Balaban J connectivity index is 1.81. The number of ether oxygens (including phenoxy) is 1. The Morgan fingerprint density at radius 1 is 0.767 bits per heavy atom. The number of Topliss-reactive ketones (excluding diaryl/α,β-unsaturated/α-hetero) is 1. The van der Waals surface area contributed by atoms with Crippen LogP contribution in [0.2, 0.25) is 0 Å². The van der Waals surface area contributed by atoms with E-state index in [0.717, 1.165) is 25.6 Å². The number of carbonyl (C=O) groups excluding carboxylic acids is 2. The van der Waals surface area contributed by atoms with Crippen LogP contribution in [0.3, 0.4) is 0 Å². The summed E-state index contributed by atoms with van der Waals surface area (Å²) in [6.07, 6.45) is 0.620. The van der Waals surface area contributed by atoms with Gasteiger partial charge < -0.3 is 4.74 Å². The van der Waals surface area contributed by atoms with Gasteiger partial charge in [-0.05, 0) is 41.5 Å². The molecule has 3 nitrogen and oxygen atoms in total. The second-order valence-corrected chi connectivity index (χ2v) is 9.75. The summed E-state index contributed by atoms with van der Waals surface area (Å²) in [6.45, 7) is 0. The molecular weight excluding hydrogens is 508 g/mol. The van der Waals surface area contributed by atoms with Gasteiger partial charge in [-0.25, -0.2) is 0 Å². The summed E-state index contributed by atoms with van der Waals surface area (Å²) in [5, 5.41) is 0. The maximum atomic E-state index is 13.7. The highest BCUT2D eigenvalue weighted by Crippen LogP contribution is 2.60. The largest absolute Gasteiger partial charge is 0.426 e. The van der Waals surface area contributed by atoms with Crippen molar-refractivity contribution in [2.75, 3.05) is 0 Å². The molecule has 150 valence electrons. The summed E-state index contributed by atoms with van der Waals surface area (Å²) >= 11 is 7.10. The van der Waals surface area contributed by atoms with Crippen LogP contribution in [-0.4, -0.2) is 11.8 Å². The third kappa shape index (κ3) is 2.98. The van der Waals surface area contributed by atoms with Crippen LogP contribution in [0.15, 0.2) is 81.7 Å². The first kappa shape index (κ1) is 19.7. The molecule has 5 rings (SSSR count). The lowest BCUT2D eigenvalue weighted by Gasteiger charge is -2.45. The molecule has 0 radical (unpaired) electrons. The number of fused-ring (bicyclic) bond motifs is 2. The van der Waals surface area contributed by atoms with Gasteiger partial charge in [0.05, 0.1) is 0 Å². The van der Waals surface area contributed by atoms with Gasteiger partial charge in [-0.3, -0.25) is 9.59 Å². The smallest absolute Gasteiger partial charge is 0.323 e. The lowest BCUT2D eigenvalue weighted by atomic mass is 9.54. The van der Waals surface area contributed by atoms with Crippen molar-refractivity contribution in [3.05, 3.63) is 98.4 Å². The molecule has 3 aromatic carbocycles. The van der Waals surface area contributed by atoms with Crippen LogP contribution in [0.5, 0.6) is 5.75 Å². The maximum Gasteiger partial charge on any atom is 0.323 e. The molecule has 1 aliphatic heterocycles. The van der Waals surface area contributed by atoms with Crippen molar-refractivity contribution >= 4 is 43.6 Å². The van der Waals surface area contributed by atoms with Crippen molar-refractivity contribution < 1.29 is 14.3 Å². The molecular formula is C25H18Br2O3. The molecule has 30 heavy (non-hydrogen) atoms. The number of esters is 1. The van der Waals surface area contributed by atoms with Gasteiger partial charge in [-0.15, -0.1) is 0 Å². The molecule has 0 unspecified atom stereocenters. The van der Waals surface area contributed by atoms with E-state index >= 15 is 0 Å². The lowest BCUT2D eigenvalue weighted by Crippen LogP contribution is -2.49. The topological polar surface area (TPSA) is 43.4 Å². The first-order valence-electron chi connectivity index (χ1n) is 9.84. The van der Waals surface area contributed by atoms with Crippen LogP contribution in [-0.2, 0) is 15.0 Å². The normalized spacial score (nSPS) is 22.1. The molecule has 1 aliphatic carbocycles. The zero-order valence-electron chi connectivity index (χ0n) is 16.0. The number of carbonyl (C=O) groups is 2. The molecule has 0 N–H and O–H groups in total. The second-order valence-electron chi connectivity index (χ2n) is 7.92. The number of benzene rings is 3. The quantitative estimate of drug-likeness (QED) is 0.291. The standard InChI is InChI=1S/C25H18Br2O3/c26-17-7-3-5-15(11-17)21-13-19(28)14-22(16-6-4-8-18(27)12-16)25(21)20-9-1-2-10-23(20)30-24(25)29/h1-12,21-22H,13-14H2/t21-,22-/m1/s1. The Kier molecular flexibility index (Phi) is 4.91. The monoisotopic (exact) mass is 524 g/mol. The lowest BCUT2D eigenvalue weighted by molar-refractivity contribution is -0.142. The predicted octanol–water partition coefficient (Wildman–Crippen LogP) is 6.30. The van der Waals surface area contributed by atoms with Crippen LogP contribution in [0.25, 0.3) is 0 Å². The Labute approximate surface area is 191 Å². The van der Waals surface area contributed by atoms with Crippen LogP contribution < -0.4 is 4.74 Å². The van der Waals surface area contributed by atoms with E-state index in [2.05, 4.69) is 31.9 Å². The molecule has 0 amide bonds. The second kappa shape index (κ2) is 7.47. The van der Waals surface area contributed by atoms with Gasteiger partial charge in [0, 0.05) is 39.2 Å². The molecule has 0 aromatic heterocycles. The first-order valence-corrected chi connectivity index (χ1v) is 11.4. The van der Waals surface area contributed by atoms with E-state index in [1.54, 1.807) is 0 Å². The fourth-order valence-electron chi connectivity index (χ4n) is 5.16. The zero-order chi connectivity index (χ0) is 20.9. The van der Waals surface area contributed by atoms with Crippen LogP contribution in [0.4, 0.5) is 0 Å². The first-order chi connectivity index (χ1) is 14.5. The predicted molar refractivity (Wildman–Crippen MR) is 122 cm³/mol. The molecule has 0 saturated heterocycles. The van der Waals surface area contributed by atoms with Crippen molar-refractivity contribution in [1.29, 1.82) is 0 Å². The van der Waals surface area contributed by atoms with Crippen LogP contribution in [0, 0.1) is 0 Å². The van der Waals surface area contributed by atoms with E-state index in [1.807, 2.05) is 72.8 Å². The van der Waals surface area contributed by atoms with E-state index in [9.17, 15) is 9.59 Å². The minimum absolute atomic E-state index is 0.160. The summed E-state index contributed by atoms with van der Waals surface area (Å²) in [5.41, 5.74) is 1.85. The van der Waals surface area contributed by atoms with E-state index in [0.29, 0.717) is 18.6 Å². The Bertz CT molecular complexity index is 1110. The Morgan fingerprint density at radius 2 is 1.33 bits per heavy atom. The van der Waals surface area contributed by atoms with Crippen molar-refractivity contribution in [1.82, 2.24) is 0 Å². The number of para-hydroxylation sites is 1. The van der Waals surface area contributed by atoms with Gasteiger partial charge >= 0.3 is 5.97 Å². The van der Waals surface area contributed by atoms with Crippen LogP contribution in [0.1, 0.15) is 41.4 Å². The van der Waals surface area contributed by atoms with Crippen LogP contribution >= 0.6 is 31.9 Å². The van der Waals surface area contributed by atoms with E-state index < -0.39 is 5.41 Å². The zero-order valence-corrected chi connectivity index (χ0v) is 19.1. The average Bonchev–Trinajstić information content (AvgIpc) is 3.02. The minimum atomic E-state index is -0.952. The molecule has 1 spiro atoms. The Hall–Kier alpha value is -2.24. The highest BCUT2D eigenvalue weighted by atomic mass is 79.9. The molecule has 5 heteroatoms. The molecule has 1 fully saturated rings. The number of halogens is 2. The fourth-order valence-corrected chi connectivity index (χ4v) is 6.00. The molecule has 1 saturated carbocycles. The summed E-state index contributed by atoms with van der Waals surface area (Å²) in [5.74, 6) is -0.136. The van der Waals surface area contributed by atoms with E-state index in [4.69, 9.17) is 4.74 Å². The number of rotatable bonds is 2. The molecule has 2 aliphatic rings. The van der Waals surface area contributed by atoms with Gasteiger partial charge in [0.15, 0.2) is 0 Å². The van der Waals surface area contributed by atoms with E-state index in [1.165, 1.54) is 0 Å². The Morgan fingerprint density at radius 3 is 1.90 bits per heavy atom. The number of hydrogen-bond acceptors (Lipinski definition) is 3. The average molecular weight is 526 g/mol. The SMILES string of the molecule is O=C1C[C@H](c2cccc(Br)c2)C2(C(=O)Oc3ccccc32)[C@@H](c2cccc(Br)c2)C1. The van der Waals surface area contributed by atoms with Gasteiger partial charge in [0.25, 0.3) is 0 Å². The third-order valence-corrected chi connectivity index (χ3v) is 7.32.